The summed E-state index contributed by atoms with van der Waals surface area (Å²) in [5, 5.41) is 13.6. The highest BCUT2D eigenvalue weighted by molar-refractivity contribution is 5.88. The predicted molar refractivity (Wildman–Crippen MR) is 82.1 cm³/mol. The van der Waals surface area contributed by atoms with Crippen molar-refractivity contribution in [3.8, 4) is 0 Å². The first-order chi connectivity index (χ1) is 11.2. The van der Waals surface area contributed by atoms with Gasteiger partial charge < -0.3 is 15.7 Å². The third-order valence-electron chi connectivity index (χ3n) is 3.15. The van der Waals surface area contributed by atoms with E-state index in [1.165, 1.54) is 0 Å². The van der Waals surface area contributed by atoms with Crippen LogP contribution in [0, 0.1) is 17.6 Å². The second-order valence-electron chi connectivity index (χ2n) is 5.78. The number of halogens is 2. The maximum absolute atomic E-state index is 13.4. The molecule has 0 fully saturated rings. The van der Waals surface area contributed by atoms with Crippen molar-refractivity contribution < 1.29 is 28.3 Å². The van der Waals surface area contributed by atoms with E-state index in [9.17, 15) is 23.2 Å². The largest absolute Gasteiger partial charge is 0.480 e. The van der Waals surface area contributed by atoms with E-state index in [0.717, 1.165) is 12.1 Å². The van der Waals surface area contributed by atoms with E-state index >= 15 is 0 Å². The number of carbonyl (C=O) groups is 3. The second-order valence-corrected chi connectivity index (χ2v) is 5.78. The fourth-order valence-corrected chi connectivity index (χ4v) is 2.02. The maximum Gasteiger partial charge on any atom is 0.326 e. The summed E-state index contributed by atoms with van der Waals surface area (Å²) in [6.45, 7) is 3.21. The summed E-state index contributed by atoms with van der Waals surface area (Å²) < 4.78 is 26.2. The number of benzene rings is 1. The number of amides is 2. The van der Waals surface area contributed by atoms with Gasteiger partial charge in [0.1, 0.15) is 17.7 Å². The van der Waals surface area contributed by atoms with Crippen LogP contribution in [0.4, 0.5) is 8.78 Å². The fraction of sp³-hybridized carbons (Fsp3) is 0.438. The van der Waals surface area contributed by atoms with Gasteiger partial charge in [-0.2, -0.15) is 0 Å². The Morgan fingerprint density at radius 1 is 1.17 bits per heavy atom. The van der Waals surface area contributed by atoms with Crippen LogP contribution in [0.3, 0.4) is 0 Å². The molecule has 24 heavy (non-hydrogen) atoms. The monoisotopic (exact) mass is 342 g/mol. The van der Waals surface area contributed by atoms with Gasteiger partial charge in [0.2, 0.25) is 11.8 Å². The molecule has 0 aromatic heterocycles. The first-order valence-corrected chi connectivity index (χ1v) is 7.41. The van der Waals surface area contributed by atoms with Crippen molar-refractivity contribution in [2.24, 2.45) is 5.92 Å². The summed E-state index contributed by atoms with van der Waals surface area (Å²) in [6, 6.07) is 1.80. The maximum atomic E-state index is 13.4. The summed E-state index contributed by atoms with van der Waals surface area (Å²) in [7, 11) is 0. The molecule has 0 saturated carbocycles. The minimum Gasteiger partial charge on any atom is -0.480 e. The van der Waals surface area contributed by atoms with Crippen LogP contribution in [0.5, 0.6) is 0 Å². The Hall–Kier alpha value is -2.51. The van der Waals surface area contributed by atoms with E-state index in [-0.39, 0.29) is 24.3 Å². The molecule has 2 amide bonds. The molecule has 132 valence electrons. The second kappa shape index (κ2) is 8.95. The molecular formula is C16H20F2N2O4. The van der Waals surface area contributed by atoms with E-state index in [4.69, 9.17) is 5.11 Å². The number of carbonyl (C=O) groups excluding carboxylic acids is 2. The van der Waals surface area contributed by atoms with Gasteiger partial charge in [0, 0.05) is 6.07 Å². The van der Waals surface area contributed by atoms with Crippen LogP contribution < -0.4 is 10.6 Å². The number of hydrogen-bond donors (Lipinski definition) is 3. The fourth-order valence-electron chi connectivity index (χ4n) is 2.02. The summed E-state index contributed by atoms with van der Waals surface area (Å²) in [5.74, 6) is -3.97. The lowest BCUT2D eigenvalue weighted by atomic mass is 10.0. The molecule has 0 radical (unpaired) electrons. The minimum atomic E-state index is -1.16. The molecule has 1 aromatic carbocycles. The first kappa shape index (κ1) is 19.5. The van der Waals surface area contributed by atoms with Gasteiger partial charge >= 0.3 is 5.97 Å². The molecule has 1 aromatic rings. The standard InChI is InChI=1S/C16H20F2N2O4/c1-9(2)5-13(16(23)24)20-15(22)8-19-14(21)6-10-3-4-11(17)7-12(10)18/h3-4,7,9,13H,5-6,8H2,1-2H3,(H,19,21)(H,20,22)(H,23,24)/t13-/m0/s1. The van der Waals surface area contributed by atoms with Gasteiger partial charge in [0.05, 0.1) is 13.0 Å². The van der Waals surface area contributed by atoms with Crippen molar-refractivity contribution in [2.75, 3.05) is 6.54 Å². The van der Waals surface area contributed by atoms with Crippen LogP contribution in [-0.2, 0) is 20.8 Å². The molecule has 0 aliphatic heterocycles. The zero-order valence-electron chi connectivity index (χ0n) is 13.4. The zero-order chi connectivity index (χ0) is 18.3. The SMILES string of the molecule is CC(C)C[C@H](NC(=O)CNC(=O)Cc1ccc(F)cc1F)C(=O)O. The first-order valence-electron chi connectivity index (χ1n) is 7.41. The molecule has 0 aliphatic carbocycles. The summed E-state index contributed by atoms with van der Waals surface area (Å²) in [5.41, 5.74) is -0.00229. The van der Waals surface area contributed by atoms with Crippen molar-refractivity contribution >= 4 is 17.8 Å². The highest BCUT2D eigenvalue weighted by Crippen LogP contribution is 2.10. The van der Waals surface area contributed by atoms with E-state index in [0.29, 0.717) is 6.07 Å². The van der Waals surface area contributed by atoms with Gasteiger partial charge in [-0.15, -0.1) is 0 Å². The summed E-state index contributed by atoms with van der Waals surface area (Å²) >= 11 is 0. The van der Waals surface area contributed by atoms with Crippen LogP contribution in [0.2, 0.25) is 0 Å². The Balaban J connectivity index is 2.48. The average molecular weight is 342 g/mol. The molecule has 0 bridgehead atoms. The topological polar surface area (TPSA) is 95.5 Å². The molecule has 1 atom stereocenters. The third-order valence-corrected chi connectivity index (χ3v) is 3.15. The van der Waals surface area contributed by atoms with Gasteiger partial charge in [-0.3, -0.25) is 9.59 Å². The third kappa shape index (κ3) is 6.72. The summed E-state index contributed by atoms with van der Waals surface area (Å²) in [6.07, 6.45) is -0.0937. The Morgan fingerprint density at radius 2 is 1.83 bits per heavy atom. The number of nitrogens with one attached hydrogen (secondary N) is 2. The lowest BCUT2D eigenvalue weighted by Gasteiger charge is -2.16. The Bertz CT molecular complexity index is 620. The molecule has 1 rings (SSSR count). The molecule has 0 unspecified atom stereocenters. The highest BCUT2D eigenvalue weighted by atomic mass is 19.1. The highest BCUT2D eigenvalue weighted by Gasteiger charge is 2.21. The Kier molecular flexibility index (Phi) is 7.29. The van der Waals surface area contributed by atoms with E-state index < -0.39 is 42.0 Å². The van der Waals surface area contributed by atoms with Crippen molar-refractivity contribution in [2.45, 2.75) is 32.7 Å². The number of rotatable bonds is 8. The van der Waals surface area contributed by atoms with E-state index in [1.807, 2.05) is 13.8 Å². The van der Waals surface area contributed by atoms with Gasteiger partial charge in [-0.25, -0.2) is 13.6 Å². The van der Waals surface area contributed by atoms with Crippen LogP contribution in [0.25, 0.3) is 0 Å². The number of aliphatic carboxylic acids is 1. The van der Waals surface area contributed by atoms with Crippen molar-refractivity contribution in [3.05, 3.63) is 35.4 Å². The lowest BCUT2D eigenvalue weighted by molar-refractivity contribution is -0.142. The Morgan fingerprint density at radius 3 is 2.38 bits per heavy atom. The molecule has 6 nitrogen and oxygen atoms in total. The predicted octanol–water partition coefficient (Wildman–Crippen LogP) is 1.24. The molecule has 0 saturated heterocycles. The molecule has 0 heterocycles. The smallest absolute Gasteiger partial charge is 0.326 e. The lowest BCUT2D eigenvalue weighted by Crippen LogP contribution is -2.46. The van der Waals surface area contributed by atoms with Crippen molar-refractivity contribution in [1.29, 1.82) is 0 Å². The number of hydrogen-bond acceptors (Lipinski definition) is 3. The molecule has 0 spiro atoms. The quantitative estimate of drug-likeness (QED) is 0.662. The Labute approximate surface area is 138 Å². The van der Waals surface area contributed by atoms with Crippen molar-refractivity contribution in [1.82, 2.24) is 10.6 Å². The van der Waals surface area contributed by atoms with Crippen LogP contribution in [0.1, 0.15) is 25.8 Å². The number of carboxylic acid groups (broad SMARTS) is 1. The molecule has 0 aliphatic rings. The number of carboxylic acids is 1. The van der Waals surface area contributed by atoms with Gasteiger partial charge in [-0.1, -0.05) is 19.9 Å². The molecule has 8 heteroatoms. The normalized spacial score (nSPS) is 11.9. The van der Waals surface area contributed by atoms with Crippen molar-refractivity contribution in [3.63, 3.8) is 0 Å². The van der Waals surface area contributed by atoms with Gasteiger partial charge in [-0.05, 0) is 24.0 Å². The zero-order valence-corrected chi connectivity index (χ0v) is 13.4. The summed E-state index contributed by atoms with van der Waals surface area (Å²) in [4.78, 5) is 34.4. The van der Waals surface area contributed by atoms with Gasteiger partial charge in [0.25, 0.3) is 0 Å². The van der Waals surface area contributed by atoms with E-state index in [1.54, 1.807) is 0 Å². The van der Waals surface area contributed by atoms with Crippen LogP contribution >= 0.6 is 0 Å². The minimum absolute atomic E-state index is 0.00229. The van der Waals surface area contributed by atoms with Crippen LogP contribution in [0.15, 0.2) is 18.2 Å². The molecular weight excluding hydrogens is 322 g/mol. The van der Waals surface area contributed by atoms with Crippen LogP contribution in [-0.4, -0.2) is 35.5 Å². The average Bonchev–Trinajstić information content (AvgIpc) is 2.47. The molecule has 3 N–H and O–H groups in total. The van der Waals surface area contributed by atoms with E-state index in [2.05, 4.69) is 10.6 Å². The van der Waals surface area contributed by atoms with Gasteiger partial charge in [0.15, 0.2) is 0 Å².